The number of aliphatic hydroxyl groups is 3. The molecule has 29 heavy (non-hydrogen) atoms. The van der Waals surface area contributed by atoms with Gasteiger partial charge in [-0.3, -0.25) is 14.4 Å². The van der Waals surface area contributed by atoms with Crippen LogP contribution in [-0.4, -0.2) is 93.0 Å². The highest BCUT2D eigenvalue weighted by molar-refractivity contribution is 5.73. The summed E-state index contributed by atoms with van der Waals surface area (Å²) in [5.41, 5.74) is 20.1. The van der Waals surface area contributed by atoms with Crippen LogP contribution in [0, 0.1) is 5.92 Å². The van der Waals surface area contributed by atoms with Crippen LogP contribution in [-0.2, 0) is 14.4 Å². The largest absolute Gasteiger partial charge is 0.480 e. The molecule has 14 N–H and O–H groups in total. The van der Waals surface area contributed by atoms with Gasteiger partial charge in [-0.15, -0.1) is 0 Å². The number of rotatable bonds is 10. The predicted molar refractivity (Wildman–Crippen MR) is 106 cm³/mol. The summed E-state index contributed by atoms with van der Waals surface area (Å²) < 4.78 is 0. The summed E-state index contributed by atoms with van der Waals surface area (Å²) in [6, 6.07) is -1.43. The number of hydrogen-bond donors (Lipinski definition) is 10. The fourth-order valence-electron chi connectivity index (χ4n) is 1.13. The third-order valence-corrected chi connectivity index (χ3v) is 2.68. The monoisotopic (exact) mass is 430 g/mol. The van der Waals surface area contributed by atoms with Gasteiger partial charge in [0, 0.05) is 0 Å². The predicted octanol–water partition coefficient (Wildman–Crippen LogP) is -3.06. The molecule has 0 rings (SSSR count). The van der Waals surface area contributed by atoms with Gasteiger partial charge in [0.1, 0.15) is 18.2 Å². The molecule has 0 saturated carbocycles. The molecule has 0 aromatic heterocycles. The molecule has 0 amide bonds. The Morgan fingerprint density at radius 3 is 1.38 bits per heavy atom. The summed E-state index contributed by atoms with van der Waals surface area (Å²) in [5.74, 6) is -2.48. The number of carboxylic acids is 3. The lowest BCUT2D eigenvalue weighted by Crippen LogP contribution is -2.31. The number of carbonyl (C=O) groups is 3. The van der Waals surface area contributed by atoms with Gasteiger partial charge < -0.3 is 53.6 Å². The quantitative estimate of drug-likeness (QED) is 0.165. The van der Waals surface area contributed by atoms with Crippen LogP contribution in [0.1, 0.15) is 33.1 Å². The van der Waals surface area contributed by atoms with Gasteiger partial charge >= 0.3 is 17.9 Å². The second-order valence-corrected chi connectivity index (χ2v) is 6.07. The smallest absolute Gasteiger partial charge is 0.320 e. The van der Waals surface area contributed by atoms with E-state index in [1.165, 1.54) is 0 Å². The van der Waals surface area contributed by atoms with Gasteiger partial charge in [-0.05, 0) is 31.7 Å². The van der Waals surface area contributed by atoms with Gasteiger partial charge in [0.15, 0.2) is 0 Å². The zero-order valence-corrected chi connectivity index (χ0v) is 17.0. The van der Waals surface area contributed by atoms with E-state index < -0.39 is 36.1 Å². The molecular weight excluding hydrogens is 392 g/mol. The Balaban J connectivity index is -0.000000148. The van der Waals surface area contributed by atoms with E-state index in [2.05, 4.69) is 5.73 Å². The number of hydrogen-bond acceptors (Lipinski definition) is 10. The van der Waals surface area contributed by atoms with Crippen molar-refractivity contribution in [3.8, 4) is 0 Å². The number of aliphatic hydroxyl groups excluding tert-OH is 3. The summed E-state index contributed by atoms with van der Waals surface area (Å²) in [5, 5.41) is 48.2. The highest BCUT2D eigenvalue weighted by Crippen LogP contribution is 2.01. The number of aliphatic carboxylic acids is 3. The molecule has 0 aliphatic carbocycles. The van der Waals surface area contributed by atoms with Crippen molar-refractivity contribution in [2.45, 2.75) is 51.3 Å². The molecule has 2 atom stereocenters. The van der Waals surface area contributed by atoms with E-state index in [4.69, 9.17) is 47.8 Å². The van der Waals surface area contributed by atoms with E-state index in [1.807, 2.05) is 13.8 Å². The van der Waals surface area contributed by atoms with Crippen molar-refractivity contribution in [2.75, 3.05) is 26.3 Å². The second-order valence-electron chi connectivity index (χ2n) is 6.07. The highest BCUT2D eigenvalue weighted by atomic mass is 16.4. The Morgan fingerprint density at radius 2 is 1.24 bits per heavy atom. The van der Waals surface area contributed by atoms with Crippen molar-refractivity contribution in [1.82, 2.24) is 0 Å². The first kappa shape index (κ1) is 34.6. The van der Waals surface area contributed by atoms with Crippen LogP contribution in [0.5, 0.6) is 0 Å². The van der Waals surface area contributed by atoms with Gasteiger partial charge in [0.05, 0.1) is 19.8 Å². The van der Waals surface area contributed by atoms with Crippen LogP contribution in [0.4, 0.5) is 0 Å². The first-order valence-corrected chi connectivity index (χ1v) is 8.78. The average Bonchev–Trinajstić information content (AvgIpc) is 2.65. The zero-order valence-electron chi connectivity index (χ0n) is 17.0. The molecule has 0 fully saturated rings. The van der Waals surface area contributed by atoms with Crippen molar-refractivity contribution in [3.63, 3.8) is 0 Å². The van der Waals surface area contributed by atoms with Crippen LogP contribution in [0.25, 0.3) is 0 Å². The SMILES string of the molecule is CC(C)C[C@H](N)C(=O)O.NCC(=O)O.NCCC[C@H](N)C(=O)O.OCC(O)CO. The van der Waals surface area contributed by atoms with Gasteiger partial charge in [-0.2, -0.15) is 0 Å². The molecule has 0 aliphatic heterocycles. The Morgan fingerprint density at radius 1 is 0.862 bits per heavy atom. The molecule has 0 aromatic rings. The van der Waals surface area contributed by atoms with Crippen molar-refractivity contribution in [3.05, 3.63) is 0 Å². The molecule has 13 nitrogen and oxygen atoms in total. The van der Waals surface area contributed by atoms with E-state index in [-0.39, 0.29) is 19.8 Å². The topological polar surface area (TPSA) is 277 Å². The van der Waals surface area contributed by atoms with Crippen LogP contribution in [0.15, 0.2) is 0 Å². The standard InChI is InChI=1S/C6H13NO2.C5H12N2O2.C3H8O3.C2H5NO2/c1-4(2)3-5(7)6(8)9;6-3-1-2-4(7)5(8)9;4-1-3(6)2-5;3-1-2(4)5/h4-5H,3,7H2,1-2H3,(H,8,9);4H,1-3,6-7H2,(H,8,9);3-6H,1-2H2;1,3H2,(H,4,5)/t5-;4-;;/m00../s1. The number of nitrogens with two attached hydrogens (primary N) is 4. The van der Waals surface area contributed by atoms with Crippen LogP contribution >= 0.6 is 0 Å². The first-order valence-electron chi connectivity index (χ1n) is 8.78. The molecule has 0 radical (unpaired) electrons. The second kappa shape index (κ2) is 24.2. The highest BCUT2D eigenvalue weighted by Gasteiger charge is 2.12. The minimum atomic E-state index is -0.968. The molecule has 0 aromatic carbocycles. The van der Waals surface area contributed by atoms with Gasteiger partial charge in [0.25, 0.3) is 0 Å². The van der Waals surface area contributed by atoms with E-state index in [0.29, 0.717) is 31.7 Å². The Hall–Kier alpha value is -1.87. The lowest BCUT2D eigenvalue weighted by molar-refractivity contribution is -0.139. The van der Waals surface area contributed by atoms with Crippen molar-refractivity contribution in [1.29, 1.82) is 0 Å². The minimum Gasteiger partial charge on any atom is -0.480 e. The minimum absolute atomic E-state index is 0.278. The fraction of sp³-hybridized carbons (Fsp3) is 0.812. The zero-order chi connectivity index (χ0) is 24.0. The Bertz CT molecular complexity index is 408. The van der Waals surface area contributed by atoms with Crippen molar-refractivity contribution < 1.29 is 45.0 Å². The Kier molecular flexibility index (Phi) is 28.9. The summed E-state index contributed by atoms with van der Waals surface area (Å²) in [4.78, 5) is 29.4. The average molecular weight is 430 g/mol. The summed E-state index contributed by atoms with van der Waals surface area (Å²) >= 11 is 0. The summed E-state index contributed by atoms with van der Waals surface area (Å²) in [6.45, 7) is 3.39. The molecule has 13 heteroatoms. The van der Waals surface area contributed by atoms with Crippen molar-refractivity contribution >= 4 is 17.9 Å². The molecule has 0 saturated heterocycles. The van der Waals surface area contributed by atoms with Crippen LogP contribution in [0.3, 0.4) is 0 Å². The fourth-order valence-corrected chi connectivity index (χ4v) is 1.13. The maximum Gasteiger partial charge on any atom is 0.320 e. The van der Waals surface area contributed by atoms with E-state index in [9.17, 15) is 14.4 Å². The van der Waals surface area contributed by atoms with Gasteiger partial charge in [-0.1, -0.05) is 13.8 Å². The summed E-state index contributed by atoms with van der Waals surface area (Å²) in [6.07, 6.45) is 0.735. The third-order valence-electron chi connectivity index (χ3n) is 2.68. The van der Waals surface area contributed by atoms with Gasteiger partial charge in [0.2, 0.25) is 0 Å². The molecule has 0 heterocycles. The molecule has 0 spiro atoms. The maximum absolute atomic E-state index is 10.1. The van der Waals surface area contributed by atoms with E-state index in [1.54, 1.807) is 0 Å². The summed E-state index contributed by atoms with van der Waals surface area (Å²) in [7, 11) is 0. The van der Waals surface area contributed by atoms with E-state index in [0.717, 1.165) is 0 Å². The Labute approximate surface area is 170 Å². The lowest BCUT2D eigenvalue weighted by atomic mass is 10.1. The number of carboxylic acid groups (broad SMARTS) is 3. The van der Waals surface area contributed by atoms with Crippen LogP contribution in [0.2, 0.25) is 0 Å². The lowest BCUT2D eigenvalue weighted by Gasteiger charge is -2.07. The van der Waals surface area contributed by atoms with E-state index >= 15 is 0 Å². The molecule has 176 valence electrons. The van der Waals surface area contributed by atoms with Crippen LogP contribution < -0.4 is 22.9 Å². The molecular formula is C16H38N4O9. The molecule has 0 aliphatic rings. The normalized spacial score (nSPS) is 11.7. The third kappa shape index (κ3) is 37.5. The maximum atomic E-state index is 10.1. The van der Waals surface area contributed by atoms with Gasteiger partial charge in [-0.25, -0.2) is 0 Å². The first-order chi connectivity index (χ1) is 13.3. The molecule has 0 bridgehead atoms. The van der Waals surface area contributed by atoms with Crippen molar-refractivity contribution in [2.24, 2.45) is 28.9 Å². The molecule has 0 unspecified atom stereocenters.